The Labute approximate surface area is 44.6 Å². The second-order valence-electron chi connectivity index (χ2n) is 0.500. The van der Waals surface area contributed by atoms with E-state index in [1.54, 1.807) is 0 Å². The average molecular weight is 109 g/mol. The maximum Gasteiger partial charge on any atom is 0.0462 e. The van der Waals surface area contributed by atoms with Gasteiger partial charge in [-0.2, -0.15) is 0 Å². The third kappa shape index (κ3) is 415. The molecule has 0 saturated carbocycles. The van der Waals surface area contributed by atoms with Gasteiger partial charge < -0.3 is 5.32 Å². The standard InChI is InChI=1S/C2H7N.CHN.ClH/c1-3-2;1-2;/h3H,1-2H3;1H;1H. The molecule has 38 valence electrons. The van der Waals surface area contributed by atoms with Crippen molar-refractivity contribution in [2.75, 3.05) is 14.1 Å². The molecule has 0 amide bonds. The second kappa shape index (κ2) is 121. The molecule has 0 aliphatic rings. The molecule has 0 fully saturated rings. The summed E-state index contributed by atoms with van der Waals surface area (Å²) in [6.07, 6.45) is 0. The smallest absolute Gasteiger partial charge is 0.0462 e. The lowest BCUT2D eigenvalue weighted by Crippen LogP contribution is -1.89. The molecule has 0 aromatic rings. The first-order valence-corrected chi connectivity index (χ1v) is 1.26. The van der Waals surface area contributed by atoms with Gasteiger partial charge in [0.05, 0.1) is 0 Å². The van der Waals surface area contributed by atoms with Gasteiger partial charge in [0.1, 0.15) is 0 Å². The molecule has 0 rings (SSSR count). The Bertz CT molecular complexity index is 20.0. The molecule has 1 N–H and O–H groups in total. The number of nitrogens with one attached hydrogen (secondary N) is 1. The van der Waals surface area contributed by atoms with Gasteiger partial charge in [-0.1, -0.05) is 0 Å². The molecule has 0 aromatic heterocycles. The van der Waals surface area contributed by atoms with Crippen molar-refractivity contribution in [1.29, 1.82) is 5.26 Å². The monoisotopic (exact) mass is 108 g/mol. The number of hydrogen-bond donors (Lipinski definition) is 1. The minimum Gasteiger partial charge on any atom is -0.323 e. The van der Waals surface area contributed by atoms with Gasteiger partial charge in [-0.05, 0) is 14.1 Å². The van der Waals surface area contributed by atoms with Gasteiger partial charge in [0.15, 0.2) is 0 Å². The highest BCUT2D eigenvalue weighted by Gasteiger charge is 1.25. The third-order valence-electron chi connectivity index (χ3n) is 0. The summed E-state index contributed by atoms with van der Waals surface area (Å²) < 4.78 is 0. The van der Waals surface area contributed by atoms with E-state index in [9.17, 15) is 0 Å². The SMILES string of the molecule is C#N.CNC.Cl. The highest BCUT2D eigenvalue weighted by atomic mass is 35.5. The number of halogens is 1. The Kier molecular flexibility index (Phi) is 347. The molecule has 0 unspecified atom stereocenters. The fourth-order valence-electron chi connectivity index (χ4n) is 0. The van der Waals surface area contributed by atoms with E-state index in [2.05, 4.69) is 11.9 Å². The van der Waals surface area contributed by atoms with E-state index in [0.717, 1.165) is 0 Å². The van der Waals surface area contributed by atoms with Crippen LogP contribution in [0.3, 0.4) is 0 Å². The zero-order chi connectivity index (χ0) is 4.71. The topological polar surface area (TPSA) is 35.8 Å². The largest absolute Gasteiger partial charge is 0.323 e. The van der Waals surface area contributed by atoms with Crippen LogP contribution in [-0.4, -0.2) is 14.1 Å². The quantitative estimate of drug-likeness (QED) is 0.488. The van der Waals surface area contributed by atoms with Crippen LogP contribution < -0.4 is 5.32 Å². The molecule has 0 saturated heterocycles. The second-order valence-corrected chi connectivity index (χ2v) is 0.500. The molecular formula is C3H9ClN2. The van der Waals surface area contributed by atoms with E-state index in [-0.39, 0.29) is 12.4 Å². The first-order valence-electron chi connectivity index (χ1n) is 1.26. The zero-order valence-electron chi connectivity index (χ0n) is 3.93. The van der Waals surface area contributed by atoms with Crippen LogP contribution in [0.1, 0.15) is 0 Å². The lowest BCUT2D eigenvalue weighted by molar-refractivity contribution is 1.02. The fourth-order valence-corrected chi connectivity index (χ4v) is 0. The van der Waals surface area contributed by atoms with Crippen LogP contribution in [0.15, 0.2) is 0 Å². The lowest BCUT2D eigenvalue weighted by Gasteiger charge is -1.59. The highest BCUT2D eigenvalue weighted by molar-refractivity contribution is 5.85. The molecule has 0 aliphatic heterocycles. The molecule has 0 atom stereocenters. The van der Waals surface area contributed by atoms with Gasteiger partial charge in [0.2, 0.25) is 0 Å². The van der Waals surface area contributed by atoms with Gasteiger partial charge in [-0.3, -0.25) is 0 Å². The van der Waals surface area contributed by atoms with Crippen LogP contribution >= 0.6 is 12.4 Å². The van der Waals surface area contributed by atoms with Crippen molar-refractivity contribution in [3.63, 3.8) is 0 Å². The summed E-state index contributed by atoms with van der Waals surface area (Å²) in [6, 6.07) is 0. The Hall–Kier alpha value is -0.260. The number of nitrogens with zero attached hydrogens (tertiary/aromatic N) is 1. The Morgan fingerprint density at radius 1 is 1.33 bits per heavy atom. The van der Waals surface area contributed by atoms with Crippen LogP contribution in [0.4, 0.5) is 0 Å². The summed E-state index contributed by atoms with van der Waals surface area (Å²) in [5.74, 6) is 0. The number of hydrogen-bond acceptors (Lipinski definition) is 2. The molecule has 0 heterocycles. The average Bonchev–Trinajstić information content (AvgIpc) is 1.46. The van der Waals surface area contributed by atoms with E-state index in [1.807, 2.05) is 14.1 Å². The van der Waals surface area contributed by atoms with Crippen molar-refractivity contribution >= 4 is 12.4 Å². The minimum atomic E-state index is 0. The summed E-state index contributed by atoms with van der Waals surface area (Å²) >= 11 is 0. The normalized spacial score (nSPS) is 3.33. The van der Waals surface area contributed by atoms with Crippen LogP contribution in [0.5, 0.6) is 0 Å². The van der Waals surface area contributed by atoms with E-state index >= 15 is 0 Å². The molecule has 2 nitrogen and oxygen atoms in total. The van der Waals surface area contributed by atoms with Crippen molar-refractivity contribution in [3.8, 4) is 6.57 Å². The molecule has 0 spiro atoms. The van der Waals surface area contributed by atoms with Crippen LogP contribution in [0, 0.1) is 11.8 Å². The predicted octanol–water partition coefficient (Wildman–Crippen LogP) is 0.397. The number of rotatable bonds is 0. The van der Waals surface area contributed by atoms with Crippen LogP contribution in [0.2, 0.25) is 0 Å². The molecule has 0 bridgehead atoms. The molecular weight excluding hydrogens is 99.5 g/mol. The minimum absolute atomic E-state index is 0. The highest BCUT2D eigenvalue weighted by Crippen LogP contribution is 0.981. The zero-order valence-corrected chi connectivity index (χ0v) is 4.75. The van der Waals surface area contributed by atoms with Crippen LogP contribution in [-0.2, 0) is 0 Å². The van der Waals surface area contributed by atoms with Crippen LogP contribution in [0.25, 0.3) is 0 Å². The van der Waals surface area contributed by atoms with Gasteiger partial charge >= 0.3 is 0 Å². The summed E-state index contributed by atoms with van der Waals surface area (Å²) in [5, 5.41) is 9.25. The van der Waals surface area contributed by atoms with E-state index in [0.29, 0.717) is 0 Å². The molecule has 0 aromatic carbocycles. The number of nitriles is 1. The summed E-state index contributed by atoms with van der Waals surface area (Å²) in [7, 11) is 3.75. The molecule has 0 radical (unpaired) electrons. The first kappa shape index (κ1) is 17.2. The summed E-state index contributed by atoms with van der Waals surface area (Å²) in [4.78, 5) is 0. The lowest BCUT2D eigenvalue weighted by atomic mass is 11.3. The van der Waals surface area contributed by atoms with Crippen molar-refractivity contribution in [3.05, 3.63) is 0 Å². The van der Waals surface area contributed by atoms with Gasteiger partial charge in [-0.15, -0.1) is 12.4 Å². The van der Waals surface area contributed by atoms with Crippen molar-refractivity contribution in [2.45, 2.75) is 0 Å². The maximum atomic E-state index is 6.50. The fraction of sp³-hybridized carbons (Fsp3) is 0.667. The van der Waals surface area contributed by atoms with Gasteiger partial charge in [-0.25, -0.2) is 5.26 Å². The predicted molar refractivity (Wildman–Crippen MR) is 28.9 cm³/mol. The van der Waals surface area contributed by atoms with Crippen molar-refractivity contribution < 1.29 is 0 Å². The van der Waals surface area contributed by atoms with E-state index in [1.165, 1.54) is 0 Å². The molecule has 6 heavy (non-hydrogen) atoms. The molecule has 3 heteroatoms. The van der Waals surface area contributed by atoms with Crippen molar-refractivity contribution in [1.82, 2.24) is 5.32 Å². The summed E-state index contributed by atoms with van der Waals surface area (Å²) in [5.41, 5.74) is 0. The summed E-state index contributed by atoms with van der Waals surface area (Å²) in [6.45, 7) is 3.50. The van der Waals surface area contributed by atoms with Gasteiger partial charge in [0, 0.05) is 6.57 Å². The van der Waals surface area contributed by atoms with E-state index < -0.39 is 0 Å². The Balaban J connectivity index is -0.0000000275. The first-order chi connectivity index (χ1) is 2.41. The Morgan fingerprint density at radius 3 is 1.33 bits per heavy atom. The van der Waals surface area contributed by atoms with Crippen molar-refractivity contribution in [2.24, 2.45) is 0 Å². The van der Waals surface area contributed by atoms with Gasteiger partial charge in [0.25, 0.3) is 0 Å². The maximum absolute atomic E-state index is 6.50. The third-order valence-corrected chi connectivity index (χ3v) is 0. The Morgan fingerprint density at radius 2 is 1.33 bits per heavy atom. The van der Waals surface area contributed by atoms with E-state index in [4.69, 9.17) is 5.26 Å². The molecule has 0 aliphatic carbocycles.